The highest BCUT2D eigenvalue weighted by Crippen LogP contribution is 2.34. The van der Waals surface area contributed by atoms with Gasteiger partial charge < -0.3 is 9.47 Å². The number of ether oxygens (including phenoxy) is 2. The molecular formula is C17H15BrO3. The van der Waals surface area contributed by atoms with Crippen LogP contribution in [-0.2, 0) is 13.0 Å². The van der Waals surface area contributed by atoms with E-state index in [-0.39, 0.29) is 0 Å². The Hall–Kier alpha value is -1.81. The summed E-state index contributed by atoms with van der Waals surface area (Å²) in [5, 5.41) is 0. The average molecular weight is 347 g/mol. The molecule has 0 unspecified atom stereocenters. The Balaban J connectivity index is 1.88. The molecule has 1 heterocycles. The van der Waals surface area contributed by atoms with E-state index in [4.69, 9.17) is 9.47 Å². The fourth-order valence-corrected chi connectivity index (χ4v) is 3.12. The Morgan fingerprint density at radius 3 is 3.05 bits per heavy atom. The second-order valence-electron chi connectivity index (χ2n) is 5.05. The first kappa shape index (κ1) is 14.1. The van der Waals surface area contributed by atoms with Gasteiger partial charge in [-0.3, -0.25) is 4.79 Å². The summed E-state index contributed by atoms with van der Waals surface area (Å²) in [5.74, 6) is 1.55. The lowest BCUT2D eigenvalue weighted by Crippen LogP contribution is -2.02. The van der Waals surface area contributed by atoms with Crippen molar-refractivity contribution in [3.8, 4) is 11.5 Å². The van der Waals surface area contributed by atoms with E-state index < -0.39 is 0 Å². The first-order valence-corrected chi connectivity index (χ1v) is 7.60. The van der Waals surface area contributed by atoms with Gasteiger partial charge in [0.05, 0.1) is 12.2 Å². The van der Waals surface area contributed by atoms with Crippen molar-refractivity contribution in [1.29, 1.82) is 0 Å². The third-order valence-electron chi connectivity index (χ3n) is 3.57. The molecule has 21 heavy (non-hydrogen) atoms. The lowest BCUT2D eigenvalue weighted by atomic mass is 10.1. The number of fused-ring (bicyclic) bond motifs is 1. The van der Waals surface area contributed by atoms with Crippen molar-refractivity contribution in [2.24, 2.45) is 0 Å². The topological polar surface area (TPSA) is 35.5 Å². The van der Waals surface area contributed by atoms with Gasteiger partial charge in [0.15, 0.2) is 6.29 Å². The third kappa shape index (κ3) is 2.81. The second-order valence-corrected chi connectivity index (χ2v) is 5.97. The molecule has 0 radical (unpaired) electrons. The Morgan fingerprint density at radius 2 is 2.24 bits per heavy atom. The van der Waals surface area contributed by atoms with Crippen LogP contribution in [0.25, 0.3) is 0 Å². The number of aryl methyl sites for hydroxylation is 1. The van der Waals surface area contributed by atoms with Gasteiger partial charge in [-0.2, -0.15) is 0 Å². The lowest BCUT2D eigenvalue weighted by molar-refractivity contribution is 0.111. The number of halogens is 1. The molecule has 0 saturated carbocycles. The molecule has 3 nitrogen and oxygen atoms in total. The van der Waals surface area contributed by atoms with Crippen molar-refractivity contribution < 1.29 is 14.3 Å². The SMILES string of the molecule is Cc1cccc(C=O)c1OCc1cc(Br)cc2c1OCC2. The Bertz CT molecular complexity index is 695. The van der Waals surface area contributed by atoms with E-state index in [0.29, 0.717) is 24.5 Å². The normalized spacial score (nSPS) is 12.7. The first-order valence-electron chi connectivity index (χ1n) is 6.80. The number of para-hydroxylation sites is 1. The van der Waals surface area contributed by atoms with Crippen molar-refractivity contribution in [3.63, 3.8) is 0 Å². The number of rotatable bonds is 4. The summed E-state index contributed by atoms with van der Waals surface area (Å²) in [6, 6.07) is 9.63. The number of hydrogen-bond donors (Lipinski definition) is 0. The molecule has 0 atom stereocenters. The number of hydrogen-bond acceptors (Lipinski definition) is 3. The average Bonchev–Trinajstić information content (AvgIpc) is 2.93. The molecule has 3 rings (SSSR count). The number of benzene rings is 2. The van der Waals surface area contributed by atoms with Crippen LogP contribution >= 0.6 is 15.9 Å². The van der Waals surface area contributed by atoms with Crippen molar-refractivity contribution in [3.05, 3.63) is 57.1 Å². The van der Waals surface area contributed by atoms with Crippen LogP contribution in [0, 0.1) is 6.92 Å². The van der Waals surface area contributed by atoms with Crippen molar-refractivity contribution in [1.82, 2.24) is 0 Å². The van der Waals surface area contributed by atoms with Crippen molar-refractivity contribution in [2.45, 2.75) is 20.0 Å². The largest absolute Gasteiger partial charge is 0.493 e. The maximum Gasteiger partial charge on any atom is 0.153 e. The molecule has 0 N–H and O–H groups in total. The summed E-state index contributed by atoms with van der Waals surface area (Å²) < 4.78 is 12.6. The highest BCUT2D eigenvalue weighted by atomic mass is 79.9. The summed E-state index contributed by atoms with van der Waals surface area (Å²) in [5.41, 5.74) is 3.72. The first-order chi connectivity index (χ1) is 10.2. The van der Waals surface area contributed by atoms with Gasteiger partial charge in [0.2, 0.25) is 0 Å². The molecule has 0 aromatic heterocycles. The van der Waals surface area contributed by atoms with Crippen LogP contribution < -0.4 is 9.47 Å². The van der Waals surface area contributed by atoms with Crippen molar-refractivity contribution >= 4 is 22.2 Å². The van der Waals surface area contributed by atoms with E-state index in [0.717, 1.165) is 34.1 Å². The van der Waals surface area contributed by atoms with Gasteiger partial charge >= 0.3 is 0 Å². The fourth-order valence-electron chi connectivity index (χ4n) is 2.57. The van der Waals surface area contributed by atoms with Gasteiger partial charge in [-0.1, -0.05) is 28.1 Å². The smallest absolute Gasteiger partial charge is 0.153 e. The van der Waals surface area contributed by atoms with Crippen LogP contribution in [0.4, 0.5) is 0 Å². The predicted molar refractivity (Wildman–Crippen MR) is 84.2 cm³/mol. The minimum atomic E-state index is 0.382. The van der Waals surface area contributed by atoms with Crippen LogP contribution in [0.3, 0.4) is 0 Å². The Labute approximate surface area is 132 Å². The fraction of sp³-hybridized carbons (Fsp3) is 0.235. The standard InChI is InChI=1S/C17H15BrO3/c1-11-3-2-4-13(9-19)16(11)21-10-14-8-15(18)7-12-5-6-20-17(12)14/h2-4,7-9H,5-6,10H2,1H3. The summed E-state index contributed by atoms with van der Waals surface area (Å²) in [4.78, 5) is 11.1. The van der Waals surface area contributed by atoms with E-state index in [2.05, 4.69) is 22.0 Å². The molecule has 1 aliphatic rings. The summed E-state index contributed by atoms with van der Waals surface area (Å²) in [6.07, 6.45) is 1.75. The van der Waals surface area contributed by atoms with Crippen LogP contribution in [0.2, 0.25) is 0 Å². The van der Waals surface area contributed by atoms with Crippen LogP contribution in [-0.4, -0.2) is 12.9 Å². The van der Waals surface area contributed by atoms with Gasteiger partial charge in [0.1, 0.15) is 18.1 Å². The van der Waals surface area contributed by atoms with E-state index in [1.54, 1.807) is 6.07 Å². The van der Waals surface area contributed by atoms with E-state index in [1.807, 2.05) is 25.1 Å². The van der Waals surface area contributed by atoms with Crippen molar-refractivity contribution in [2.75, 3.05) is 6.61 Å². The van der Waals surface area contributed by atoms with E-state index >= 15 is 0 Å². The van der Waals surface area contributed by atoms with Gasteiger partial charge in [0, 0.05) is 16.5 Å². The molecule has 1 aliphatic heterocycles. The Kier molecular flexibility index (Phi) is 3.97. The highest BCUT2D eigenvalue weighted by molar-refractivity contribution is 9.10. The zero-order valence-corrected chi connectivity index (χ0v) is 13.3. The molecule has 4 heteroatoms. The molecule has 2 aromatic carbocycles. The summed E-state index contributed by atoms with van der Waals surface area (Å²) >= 11 is 3.52. The molecule has 108 valence electrons. The minimum absolute atomic E-state index is 0.382. The predicted octanol–water partition coefficient (Wildman–Crippen LogP) is 4.08. The molecule has 0 amide bonds. The van der Waals surface area contributed by atoms with Gasteiger partial charge in [-0.25, -0.2) is 0 Å². The maximum atomic E-state index is 11.1. The number of aldehydes is 1. The van der Waals surface area contributed by atoms with Gasteiger partial charge in [-0.15, -0.1) is 0 Å². The van der Waals surface area contributed by atoms with Gasteiger partial charge in [-0.05, 0) is 36.2 Å². The molecule has 0 saturated heterocycles. The number of carbonyl (C=O) groups is 1. The highest BCUT2D eigenvalue weighted by Gasteiger charge is 2.18. The zero-order chi connectivity index (χ0) is 14.8. The van der Waals surface area contributed by atoms with Crippen LogP contribution in [0.15, 0.2) is 34.8 Å². The summed E-state index contributed by atoms with van der Waals surface area (Å²) in [6.45, 7) is 3.03. The second kappa shape index (κ2) is 5.90. The molecule has 0 spiro atoms. The minimum Gasteiger partial charge on any atom is -0.493 e. The lowest BCUT2D eigenvalue weighted by Gasteiger charge is -2.13. The molecule has 0 aliphatic carbocycles. The molecular weight excluding hydrogens is 332 g/mol. The quantitative estimate of drug-likeness (QED) is 0.782. The zero-order valence-electron chi connectivity index (χ0n) is 11.7. The Morgan fingerprint density at radius 1 is 1.38 bits per heavy atom. The molecule has 0 bridgehead atoms. The van der Waals surface area contributed by atoms with E-state index in [9.17, 15) is 4.79 Å². The number of carbonyl (C=O) groups excluding carboxylic acids is 1. The monoisotopic (exact) mass is 346 g/mol. The molecule has 2 aromatic rings. The van der Waals surface area contributed by atoms with E-state index in [1.165, 1.54) is 5.56 Å². The van der Waals surface area contributed by atoms with Gasteiger partial charge in [0.25, 0.3) is 0 Å². The van der Waals surface area contributed by atoms with Crippen LogP contribution in [0.1, 0.15) is 27.0 Å². The third-order valence-corrected chi connectivity index (χ3v) is 4.02. The summed E-state index contributed by atoms with van der Waals surface area (Å²) in [7, 11) is 0. The maximum absolute atomic E-state index is 11.1. The van der Waals surface area contributed by atoms with Crippen LogP contribution in [0.5, 0.6) is 11.5 Å². The molecule has 0 fully saturated rings.